The van der Waals surface area contributed by atoms with Gasteiger partial charge in [0.2, 0.25) is 0 Å². The molecule has 1 spiro atoms. The Morgan fingerprint density at radius 1 is 1.26 bits per heavy atom. The molecule has 3 unspecified atom stereocenters. The molecule has 0 fully saturated rings. The minimum Gasteiger partial charge on any atom is -0.493 e. The van der Waals surface area contributed by atoms with E-state index in [4.69, 9.17) is 18.9 Å². The van der Waals surface area contributed by atoms with Crippen molar-refractivity contribution in [3.63, 3.8) is 0 Å². The lowest BCUT2D eigenvalue weighted by molar-refractivity contribution is -0.147. The van der Waals surface area contributed by atoms with Gasteiger partial charge < -0.3 is 29.2 Å². The highest BCUT2D eigenvalue weighted by Gasteiger charge is 2.53. The monoisotopic (exact) mass is 488 g/mol. The van der Waals surface area contributed by atoms with E-state index in [9.17, 15) is 9.59 Å². The van der Waals surface area contributed by atoms with E-state index in [1.54, 1.807) is 27.9 Å². The van der Waals surface area contributed by atoms with Crippen molar-refractivity contribution in [3.8, 4) is 11.5 Å². The summed E-state index contributed by atoms with van der Waals surface area (Å²) < 4.78 is 22.8. The fourth-order valence-electron chi connectivity index (χ4n) is 4.82. The number of methoxy groups -OCH3 is 1. The molecule has 2 heterocycles. The molecule has 1 amide bonds. The predicted octanol–water partition coefficient (Wildman–Crippen LogP) is 4.34. The normalized spacial score (nSPS) is 24.5. The number of hydrogen-bond donors (Lipinski definition) is 1. The van der Waals surface area contributed by atoms with E-state index in [-0.39, 0.29) is 18.1 Å². The molecule has 35 heavy (non-hydrogen) atoms. The summed E-state index contributed by atoms with van der Waals surface area (Å²) in [7, 11) is 3.77. The number of carbonyl (C=O) groups excluding carboxylic acids is 2. The SMILES string of the molecule is CCC.COc1ccc2c3c1OC1CC(OC(=O)CNC(=O)OC(C)(C)C)C=CC31CCN(C)C2. The Labute approximate surface area is 208 Å². The summed E-state index contributed by atoms with van der Waals surface area (Å²) in [6.45, 7) is 11.1. The van der Waals surface area contributed by atoms with Crippen molar-refractivity contribution in [2.75, 3.05) is 27.2 Å². The van der Waals surface area contributed by atoms with Gasteiger partial charge in [-0.2, -0.15) is 0 Å². The van der Waals surface area contributed by atoms with Crippen LogP contribution in [0.25, 0.3) is 0 Å². The molecule has 1 aliphatic carbocycles. The summed E-state index contributed by atoms with van der Waals surface area (Å²) in [5.74, 6) is 1.01. The first-order chi connectivity index (χ1) is 16.5. The van der Waals surface area contributed by atoms with Gasteiger partial charge in [0, 0.05) is 18.5 Å². The van der Waals surface area contributed by atoms with Gasteiger partial charge in [0.25, 0.3) is 0 Å². The number of rotatable bonds is 4. The maximum Gasteiger partial charge on any atom is 0.408 e. The highest BCUT2D eigenvalue weighted by atomic mass is 16.6. The van der Waals surface area contributed by atoms with Gasteiger partial charge in [-0.3, -0.25) is 4.79 Å². The Balaban J connectivity index is 0.00000108. The molecule has 1 N–H and O–H groups in total. The Bertz CT molecular complexity index is 954. The number of nitrogens with one attached hydrogen (secondary N) is 1. The lowest BCUT2D eigenvalue weighted by Gasteiger charge is -2.36. The molecule has 0 saturated heterocycles. The second-order valence-electron chi connectivity index (χ2n) is 10.5. The number of alkyl carbamates (subject to hydrolysis) is 1. The third-order valence-electron chi connectivity index (χ3n) is 6.19. The third kappa shape index (κ3) is 6.10. The fraction of sp³-hybridized carbons (Fsp3) is 0.630. The van der Waals surface area contributed by atoms with E-state index < -0.39 is 23.8 Å². The average Bonchev–Trinajstić information content (AvgIpc) is 3.03. The molecule has 0 bridgehead atoms. The zero-order chi connectivity index (χ0) is 25.8. The van der Waals surface area contributed by atoms with Crippen molar-refractivity contribution in [3.05, 3.63) is 35.4 Å². The standard InChI is InChI=1S/C24H32N2O6.C3H8/c1-23(2,3)32-22(28)25-13-19(27)30-16-8-9-24-10-11-26(4)14-15-6-7-17(29-5)21(20(15)24)31-18(24)12-16;1-3-2/h6-9,16,18H,10-14H2,1-5H3,(H,25,28);3H2,1-2H3. The smallest absolute Gasteiger partial charge is 0.408 e. The number of carbonyl (C=O) groups is 2. The Morgan fingerprint density at radius 3 is 2.63 bits per heavy atom. The summed E-state index contributed by atoms with van der Waals surface area (Å²) in [4.78, 5) is 26.4. The fourth-order valence-corrected chi connectivity index (χ4v) is 4.82. The molecule has 4 rings (SSSR count). The molecule has 1 aromatic carbocycles. The molecule has 8 heteroatoms. The molecule has 2 aliphatic heterocycles. The predicted molar refractivity (Wildman–Crippen MR) is 134 cm³/mol. The van der Waals surface area contributed by atoms with Gasteiger partial charge >= 0.3 is 12.1 Å². The van der Waals surface area contributed by atoms with Crippen LogP contribution in [0.15, 0.2) is 24.3 Å². The first-order valence-corrected chi connectivity index (χ1v) is 12.4. The highest BCUT2D eigenvalue weighted by Crippen LogP contribution is 2.55. The topological polar surface area (TPSA) is 86.3 Å². The first kappa shape index (κ1) is 26.9. The van der Waals surface area contributed by atoms with Crippen molar-refractivity contribution in [2.24, 2.45) is 0 Å². The maximum absolute atomic E-state index is 12.3. The van der Waals surface area contributed by atoms with Crippen LogP contribution in [0, 0.1) is 0 Å². The molecule has 3 aliphatic rings. The van der Waals surface area contributed by atoms with Crippen molar-refractivity contribution >= 4 is 12.1 Å². The van der Waals surface area contributed by atoms with E-state index in [1.807, 2.05) is 12.1 Å². The minimum atomic E-state index is -0.649. The molecule has 1 aromatic rings. The third-order valence-corrected chi connectivity index (χ3v) is 6.19. The van der Waals surface area contributed by atoms with Crippen LogP contribution in [0.3, 0.4) is 0 Å². The maximum atomic E-state index is 12.3. The van der Waals surface area contributed by atoms with Crippen molar-refractivity contribution < 1.29 is 28.5 Å². The van der Waals surface area contributed by atoms with Crippen LogP contribution < -0.4 is 14.8 Å². The van der Waals surface area contributed by atoms with Gasteiger partial charge in [0.05, 0.1) is 12.5 Å². The zero-order valence-electron chi connectivity index (χ0n) is 22.1. The van der Waals surface area contributed by atoms with Crippen LogP contribution >= 0.6 is 0 Å². The van der Waals surface area contributed by atoms with E-state index in [0.29, 0.717) is 6.42 Å². The lowest BCUT2D eigenvalue weighted by atomic mass is 9.69. The quantitative estimate of drug-likeness (QED) is 0.498. The molecule has 3 atom stereocenters. The van der Waals surface area contributed by atoms with Gasteiger partial charge in [0.1, 0.15) is 24.4 Å². The molecule has 0 radical (unpaired) electrons. The van der Waals surface area contributed by atoms with Crippen LogP contribution in [-0.2, 0) is 26.2 Å². The van der Waals surface area contributed by atoms with Crippen LogP contribution in [0.2, 0.25) is 0 Å². The first-order valence-electron chi connectivity index (χ1n) is 12.4. The van der Waals surface area contributed by atoms with E-state index in [2.05, 4.69) is 43.3 Å². The molecular weight excluding hydrogens is 448 g/mol. The zero-order valence-corrected chi connectivity index (χ0v) is 22.1. The van der Waals surface area contributed by atoms with Gasteiger partial charge in [-0.15, -0.1) is 0 Å². The number of ether oxygens (including phenoxy) is 4. The summed E-state index contributed by atoms with van der Waals surface area (Å²) in [5.41, 5.74) is 1.54. The Morgan fingerprint density at radius 2 is 1.97 bits per heavy atom. The number of benzene rings is 1. The summed E-state index contributed by atoms with van der Waals surface area (Å²) in [6, 6.07) is 4.08. The van der Waals surface area contributed by atoms with E-state index >= 15 is 0 Å². The van der Waals surface area contributed by atoms with Crippen LogP contribution in [0.1, 0.15) is 65.0 Å². The summed E-state index contributed by atoms with van der Waals surface area (Å²) >= 11 is 0. The highest BCUT2D eigenvalue weighted by molar-refractivity contribution is 5.78. The number of nitrogens with zero attached hydrogens (tertiary/aromatic N) is 1. The molecule has 0 saturated carbocycles. The van der Waals surface area contributed by atoms with Gasteiger partial charge in [0.15, 0.2) is 11.5 Å². The summed E-state index contributed by atoms with van der Waals surface area (Å²) in [5, 5.41) is 2.44. The Hall–Kier alpha value is -2.74. The second kappa shape index (κ2) is 10.9. The van der Waals surface area contributed by atoms with Gasteiger partial charge in [-0.05, 0) is 58.5 Å². The van der Waals surface area contributed by atoms with E-state index in [0.717, 1.165) is 31.0 Å². The van der Waals surface area contributed by atoms with Gasteiger partial charge in [-0.25, -0.2) is 4.79 Å². The van der Waals surface area contributed by atoms with Crippen LogP contribution in [-0.4, -0.2) is 62.0 Å². The number of esters is 1. The molecule has 194 valence electrons. The minimum absolute atomic E-state index is 0.152. The van der Waals surface area contributed by atoms with Crippen molar-refractivity contribution in [2.45, 2.75) is 83.6 Å². The van der Waals surface area contributed by atoms with Crippen LogP contribution in [0.5, 0.6) is 11.5 Å². The molecule has 8 nitrogen and oxygen atoms in total. The van der Waals surface area contributed by atoms with Gasteiger partial charge in [-0.1, -0.05) is 32.4 Å². The molecular formula is C27H40N2O6. The number of amides is 1. The molecule has 0 aromatic heterocycles. The second-order valence-corrected chi connectivity index (χ2v) is 10.5. The van der Waals surface area contributed by atoms with Crippen molar-refractivity contribution in [1.29, 1.82) is 0 Å². The largest absolute Gasteiger partial charge is 0.493 e. The van der Waals surface area contributed by atoms with Crippen LogP contribution in [0.4, 0.5) is 4.79 Å². The average molecular weight is 489 g/mol. The summed E-state index contributed by atoms with van der Waals surface area (Å²) in [6.07, 6.45) is 5.57. The lowest BCUT2D eigenvalue weighted by Crippen LogP contribution is -2.44. The van der Waals surface area contributed by atoms with Crippen molar-refractivity contribution in [1.82, 2.24) is 10.2 Å². The Kier molecular flexibility index (Phi) is 8.36. The van der Waals surface area contributed by atoms with E-state index in [1.165, 1.54) is 17.5 Å². The number of hydrogen-bond acceptors (Lipinski definition) is 7.